The van der Waals surface area contributed by atoms with Gasteiger partial charge >= 0.3 is 0 Å². The average molecular weight is 227 g/mol. The molecule has 16 heavy (non-hydrogen) atoms. The van der Waals surface area contributed by atoms with Gasteiger partial charge in [-0.3, -0.25) is 0 Å². The largest absolute Gasteiger partial charge is 0.353 e. The molecule has 0 saturated heterocycles. The monoisotopic (exact) mass is 227 g/mol. The zero-order chi connectivity index (χ0) is 11.6. The summed E-state index contributed by atoms with van der Waals surface area (Å²) < 4.78 is 11.1. The van der Waals surface area contributed by atoms with Crippen LogP contribution in [0, 0.1) is 5.92 Å². The van der Waals surface area contributed by atoms with Crippen molar-refractivity contribution in [1.82, 2.24) is 0 Å². The first kappa shape index (κ1) is 14.0. The summed E-state index contributed by atoms with van der Waals surface area (Å²) in [7, 11) is 0. The third kappa shape index (κ3) is 5.86. The number of hydrogen-bond acceptors (Lipinski definition) is 2. The number of ether oxygens (including phenoxy) is 2. The Balaban J connectivity index is 2.06. The molecule has 0 aliphatic heterocycles. The van der Waals surface area contributed by atoms with E-state index in [2.05, 4.69) is 0 Å². The zero-order valence-corrected chi connectivity index (χ0v) is 11.0. The molecule has 2 heteroatoms. The molecule has 0 N–H and O–H groups in total. The molecule has 1 aliphatic carbocycles. The van der Waals surface area contributed by atoms with Crippen LogP contribution in [0.1, 0.15) is 65.2 Å². The lowest BCUT2D eigenvalue weighted by Crippen LogP contribution is -2.17. The summed E-state index contributed by atoms with van der Waals surface area (Å²) >= 11 is 0. The SMILES string of the molecule is CCOC(CCC[C]1CCCCC1)OCC. The van der Waals surface area contributed by atoms with Gasteiger partial charge in [-0.15, -0.1) is 0 Å². The van der Waals surface area contributed by atoms with E-state index in [4.69, 9.17) is 9.47 Å². The predicted molar refractivity (Wildman–Crippen MR) is 67.2 cm³/mol. The van der Waals surface area contributed by atoms with E-state index < -0.39 is 0 Å². The molecule has 1 radical (unpaired) electrons. The molecule has 1 aliphatic rings. The number of hydrogen-bond donors (Lipinski definition) is 0. The molecule has 1 rings (SSSR count). The van der Waals surface area contributed by atoms with Gasteiger partial charge in [0.05, 0.1) is 0 Å². The van der Waals surface area contributed by atoms with E-state index in [0.717, 1.165) is 19.6 Å². The summed E-state index contributed by atoms with van der Waals surface area (Å²) in [6.07, 6.45) is 10.6. The molecule has 0 unspecified atom stereocenters. The minimum absolute atomic E-state index is 0.0270. The topological polar surface area (TPSA) is 18.5 Å². The lowest BCUT2D eigenvalue weighted by Gasteiger charge is -2.22. The maximum absolute atomic E-state index is 5.54. The van der Waals surface area contributed by atoms with Crippen molar-refractivity contribution in [3.63, 3.8) is 0 Å². The molecule has 1 saturated carbocycles. The maximum Gasteiger partial charge on any atom is 0.157 e. The van der Waals surface area contributed by atoms with Crippen LogP contribution >= 0.6 is 0 Å². The van der Waals surface area contributed by atoms with Crippen LogP contribution in [-0.2, 0) is 9.47 Å². The Morgan fingerprint density at radius 1 is 1.00 bits per heavy atom. The van der Waals surface area contributed by atoms with Crippen LogP contribution in [0.15, 0.2) is 0 Å². The van der Waals surface area contributed by atoms with Crippen molar-refractivity contribution in [2.45, 2.75) is 71.5 Å². The minimum atomic E-state index is 0.0270. The molecule has 0 bridgehead atoms. The Morgan fingerprint density at radius 2 is 1.62 bits per heavy atom. The second-order valence-electron chi connectivity index (χ2n) is 4.54. The van der Waals surface area contributed by atoms with Gasteiger partial charge in [0, 0.05) is 13.2 Å². The normalized spacial score (nSPS) is 18.2. The van der Waals surface area contributed by atoms with Gasteiger partial charge in [-0.1, -0.05) is 19.3 Å². The third-order valence-corrected chi connectivity index (χ3v) is 3.24. The van der Waals surface area contributed by atoms with E-state index in [1.165, 1.54) is 44.9 Å². The molecular formula is C14H27O2. The Labute approximate surface area is 101 Å². The smallest absolute Gasteiger partial charge is 0.157 e. The molecule has 0 aromatic heterocycles. The highest BCUT2D eigenvalue weighted by atomic mass is 16.7. The van der Waals surface area contributed by atoms with Crippen molar-refractivity contribution in [2.24, 2.45) is 0 Å². The second kappa shape index (κ2) is 9.00. The molecule has 0 aromatic carbocycles. The van der Waals surface area contributed by atoms with E-state index in [0.29, 0.717) is 0 Å². The van der Waals surface area contributed by atoms with E-state index >= 15 is 0 Å². The van der Waals surface area contributed by atoms with Gasteiger partial charge in [0.25, 0.3) is 0 Å². The Kier molecular flexibility index (Phi) is 7.87. The third-order valence-electron chi connectivity index (χ3n) is 3.24. The molecule has 0 amide bonds. The minimum Gasteiger partial charge on any atom is -0.353 e. The van der Waals surface area contributed by atoms with Gasteiger partial charge in [0.15, 0.2) is 6.29 Å². The van der Waals surface area contributed by atoms with Crippen LogP contribution in [0.25, 0.3) is 0 Å². The van der Waals surface area contributed by atoms with Crippen molar-refractivity contribution >= 4 is 0 Å². The Hall–Kier alpha value is -0.0800. The van der Waals surface area contributed by atoms with Gasteiger partial charge in [-0.25, -0.2) is 0 Å². The molecule has 0 spiro atoms. The summed E-state index contributed by atoms with van der Waals surface area (Å²) in [5.41, 5.74) is 0. The van der Waals surface area contributed by atoms with Gasteiger partial charge in [0.1, 0.15) is 0 Å². The maximum atomic E-state index is 5.54. The first-order chi connectivity index (χ1) is 7.86. The summed E-state index contributed by atoms with van der Waals surface area (Å²) in [6.45, 7) is 5.56. The Morgan fingerprint density at radius 3 is 2.19 bits per heavy atom. The van der Waals surface area contributed by atoms with Crippen LogP contribution in [0.4, 0.5) is 0 Å². The van der Waals surface area contributed by atoms with Crippen molar-refractivity contribution in [1.29, 1.82) is 0 Å². The first-order valence-corrected chi connectivity index (χ1v) is 6.93. The van der Waals surface area contributed by atoms with Gasteiger partial charge < -0.3 is 9.47 Å². The highest BCUT2D eigenvalue weighted by Gasteiger charge is 2.15. The molecule has 1 fully saturated rings. The Bertz CT molecular complexity index is 147. The van der Waals surface area contributed by atoms with Crippen molar-refractivity contribution in [2.75, 3.05) is 13.2 Å². The lowest BCUT2D eigenvalue weighted by atomic mass is 9.86. The fourth-order valence-electron chi connectivity index (χ4n) is 2.41. The summed E-state index contributed by atoms with van der Waals surface area (Å²) in [5.74, 6) is 1.78. The highest BCUT2D eigenvalue weighted by molar-refractivity contribution is 4.91. The van der Waals surface area contributed by atoms with Gasteiger partial charge in [-0.05, 0) is 51.9 Å². The van der Waals surface area contributed by atoms with Crippen LogP contribution in [-0.4, -0.2) is 19.5 Å². The summed E-state index contributed by atoms with van der Waals surface area (Å²) in [4.78, 5) is 0. The van der Waals surface area contributed by atoms with Crippen LogP contribution in [0.5, 0.6) is 0 Å². The standard InChI is InChI=1S/C14H27O2/c1-3-15-14(16-4-2)12-8-11-13-9-6-5-7-10-13/h14H,3-12H2,1-2H3. The summed E-state index contributed by atoms with van der Waals surface area (Å²) in [5, 5.41) is 0. The lowest BCUT2D eigenvalue weighted by molar-refractivity contribution is -0.140. The predicted octanol–water partition coefficient (Wildman–Crippen LogP) is 4.09. The van der Waals surface area contributed by atoms with Crippen LogP contribution in [0.2, 0.25) is 0 Å². The quantitative estimate of drug-likeness (QED) is 0.581. The second-order valence-corrected chi connectivity index (χ2v) is 4.54. The molecule has 95 valence electrons. The van der Waals surface area contributed by atoms with Crippen molar-refractivity contribution in [3.8, 4) is 0 Å². The first-order valence-electron chi connectivity index (χ1n) is 6.93. The fourth-order valence-corrected chi connectivity index (χ4v) is 2.41. The van der Waals surface area contributed by atoms with Gasteiger partial charge in [-0.2, -0.15) is 0 Å². The fraction of sp³-hybridized carbons (Fsp3) is 0.929. The van der Waals surface area contributed by atoms with E-state index in [1.807, 2.05) is 13.8 Å². The highest BCUT2D eigenvalue weighted by Crippen LogP contribution is 2.29. The van der Waals surface area contributed by atoms with Crippen molar-refractivity contribution < 1.29 is 9.47 Å². The van der Waals surface area contributed by atoms with Gasteiger partial charge in [0.2, 0.25) is 0 Å². The molecule has 0 atom stereocenters. The molecule has 0 heterocycles. The number of rotatable bonds is 8. The zero-order valence-electron chi connectivity index (χ0n) is 11.0. The molecular weight excluding hydrogens is 200 g/mol. The van der Waals surface area contributed by atoms with Crippen LogP contribution in [0.3, 0.4) is 0 Å². The molecule has 2 nitrogen and oxygen atoms in total. The van der Waals surface area contributed by atoms with E-state index in [-0.39, 0.29) is 6.29 Å². The van der Waals surface area contributed by atoms with E-state index in [9.17, 15) is 0 Å². The van der Waals surface area contributed by atoms with E-state index in [1.54, 1.807) is 5.92 Å². The van der Waals surface area contributed by atoms with Crippen LogP contribution < -0.4 is 0 Å². The summed E-state index contributed by atoms with van der Waals surface area (Å²) in [6, 6.07) is 0. The van der Waals surface area contributed by atoms with Crippen molar-refractivity contribution in [3.05, 3.63) is 5.92 Å². The molecule has 0 aromatic rings. The average Bonchev–Trinajstić information content (AvgIpc) is 2.31.